The molecule has 4 heteroatoms. The Morgan fingerprint density at radius 2 is 2.18 bits per heavy atom. The Bertz CT molecular complexity index is 404. The van der Waals surface area contributed by atoms with Gasteiger partial charge in [0.2, 0.25) is 5.91 Å². The first kappa shape index (κ1) is 12.4. The summed E-state index contributed by atoms with van der Waals surface area (Å²) in [7, 11) is 0. The average molecular weight is 298 g/mol. The van der Waals surface area contributed by atoms with Crippen molar-refractivity contribution in [1.29, 1.82) is 0 Å². The molecule has 0 saturated heterocycles. The lowest BCUT2D eigenvalue weighted by atomic mass is 10.1. The number of carbonyl (C=O) groups excluding carboxylic acids is 1. The van der Waals surface area contributed by atoms with Crippen LogP contribution in [0.2, 0.25) is 0 Å². The number of phenolic OH excluding ortho intramolecular Hbond substituents is 1. The van der Waals surface area contributed by atoms with Crippen LogP contribution in [0.1, 0.15) is 18.4 Å². The zero-order valence-corrected chi connectivity index (χ0v) is 11.1. The molecule has 0 spiro atoms. The van der Waals surface area contributed by atoms with Crippen LogP contribution in [-0.2, 0) is 11.2 Å². The molecule has 1 saturated carbocycles. The molecule has 3 nitrogen and oxygen atoms in total. The van der Waals surface area contributed by atoms with Crippen LogP contribution in [0.4, 0.5) is 0 Å². The summed E-state index contributed by atoms with van der Waals surface area (Å²) in [5, 5.41) is 12.4. The Labute approximate surface area is 109 Å². The first-order valence-corrected chi connectivity index (χ1v) is 6.76. The van der Waals surface area contributed by atoms with Gasteiger partial charge in [0.1, 0.15) is 5.75 Å². The largest absolute Gasteiger partial charge is 0.508 e. The van der Waals surface area contributed by atoms with Gasteiger partial charge in [-0.15, -0.1) is 0 Å². The minimum atomic E-state index is -0.0448. The fraction of sp³-hybridized carbons (Fsp3) is 0.462. The molecule has 0 bridgehead atoms. The van der Waals surface area contributed by atoms with E-state index < -0.39 is 0 Å². The van der Waals surface area contributed by atoms with Crippen LogP contribution < -0.4 is 5.32 Å². The maximum atomic E-state index is 11.7. The molecule has 17 heavy (non-hydrogen) atoms. The lowest BCUT2D eigenvalue weighted by molar-refractivity contribution is -0.120. The van der Waals surface area contributed by atoms with Crippen molar-refractivity contribution < 1.29 is 9.90 Å². The highest BCUT2D eigenvalue weighted by Gasteiger charge is 2.29. The number of carbonyl (C=O) groups is 1. The van der Waals surface area contributed by atoms with Crippen molar-refractivity contribution in [3.8, 4) is 5.75 Å². The van der Waals surface area contributed by atoms with Crippen LogP contribution in [0.3, 0.4) is 0 Å². The first-order chi connectivity index (χ1) is 8.16. The van der Waals surface area contributed by atoms with Crippen molar-refractivity contribution in [1.82, 2.24) is 5.32 Å². The van der Waals surface area contributed by atoms with E-state index in [1.165, 1.54) is 12.8 Å². The number of hydrogen-bond donors (Lipinski definition) is 2. The SMILES string of the molecule is O=C(Cc1ccccc1O)NCC(Br)C1CC1. The van der Waals surface area contributed by atoms with Crippen LogP contribution in [0.15, 0.2) is 24.3 Å². The fourth-order valence-electron chi connectivity index (χ4n) is 1.73. The van der Waals surface area contributed by atoms with Crippen LogP contribution in [0, 0.1) is 5.92 Å². The number of hydrogen-bond acceptors (Lipinski definition) is 2. The standard InChI is InChI=1S/C13H16BrNO2/c14-11(9-5-6-9)8-15-13(17)7-10-3-1-2-4-12(10)16/h1-4,9,11,16H,5-8H2,(H,15,17). The van der Waals surface area contributed by atoms with E-state index in [2.05, 4.69) is 21.2 Å². The molecule has 1 aliphatic carbocycles. The van der Waals surface area contributed by atoms with Gasteiger partial charge in [0.25, 0.3) is 0 Å². The van der Waals surface area contributed by atoms with E-state index in [0.717, 1.165) is 5.92 Å². The molecule has 92 valence electrons. The van der Waals surface area contributed by atoms with E-state index in [1.807, 2.05) is 6.07 Å². The summed E-state index contributed by atoms with van der Waals surface area (Å²) in [6, 6.07) is 6.93. The van der Waals surface area contributed by atoms with Crippen molar-refractivity contribution in [3.05, 3.63) is 29.8 Å². The van der Waals surface area contributed by atoms with E-state index in [4.69, 9.17) is 0 Å². The van der Waals surface area contributed by atoms with Crippen LogP contribution in [0.25, 0.3) is 0 Å². The third-order valence-corrected chi connectivity index (χ3v) is 4.04. The second-order valence-corrected chi connectivity index (χ2v) is 5.64. The molecule has 1 amide bonds. The van der Waals surface area contributed by atoms with E-state index in [-0.39, 0.29) is 18.1 Å². The highest BCUT2D eigenvalue weighted by atomic mass is 79.9. The number of amides is 1. The van der Waals surface area contributed by atoms with Crippen molar-refractivity contribution in [2.75, 3.05) is 6.54 Å². The van der Waals surface area contributed by atoms with E-state index in [1.54, 1.807) is 18.2 Å². The van der Waals surface area contributed by atoms with E-state index in [9.17, 15) is 9.90 Å². The molecule has 0 heterocycles. The zero-order valence-electron chi connectivity index (χ0n) is 9.53. The van der Waals surface area contributed by atoms with Crippen molar-refractivity contribution in [2.45, 2.75) is 24.1 Å². The minimum Gasteiger partial charge on any atom is -0.508 e. The van der Waals surface area contributed by atoms with Gasteiger partial charge in [-0.1, -0.05) is 34.1 Å². The highest BCUT2D eigenvalue weighted by Crippen LogP contribution is 2.36. The smallest absolute Gasteiger partial charge is 0.224 e. The maximum Gasteiger partial charge on any atom is 0.224 e. The van der Waals surface area contributed by atoms with Gasteiger partial charge in [-0.05, 0) is 24.8 Å². The van der Waals surface area contributed by atoms with Gasteiger partial charge in [0.15, 0.2) is 0 Å². The topological polar surface area (TPSA) is 49.3 Å². The van der Waals surface area contributed by atoms with Crippen LogP contribution in [-0.4, -0.2) is 22.4 Å². The number of aromatic hydroxyl groups is 1. The summed E-state index contributed by atoms with van der Waals surface area (Å²) < 4.78 is 0. The van der Waals surface area contributed by atoms with Crippen LogP contribution in [0.5, 0.6) is 5.75 Å². The quantitative estimate of drug-likeness (QED) is 0.819. The van der Waals surface area contributed by atoms with E-state index in [0.29, 0.717) is 16.9 Å². The molecule has 0 aromatic heterocycles. The molecule has 1 aliphatic rings. The molecular formula is C13H16BrNO2. The number of benzene rings is 1. The third kappa shape index (κ3) is 3.73. The van der Waals surface area contributed by atoms with Crippen molar-refractivity contribution >= 4 is 21.8 Å². The summed E-state index contributed by atoms with van der Waals surface area (Å²) in [6.07, 6.45) is 2.74. The lowest BCUT2D eigenvalue weighted by Gasteiger charge is -2.10. The fourth-order valence-corrected chi connectivity index (χ4v) is 2.42. The molecular weight excluding hydrogens is 282 g/mol. The molecule has 1 unspecified atom stereocenters. The predicted octanol–water partition coefficient (Wildman–Crippen LogP) is 2.22. The van der Waals surface area contributed by atoms with Gasteiger partial charge in [0.05, 0.1) is 6.42 Å². The summed E-state index contributed by atoms with van der Waals surface area (Å²) in [4.78, 5) is 12.1. The Morgan fingerprint density at radius 3 is 2.82 bits per heavy atom. The average Bonchev–Trinajstić information content (AvgIpc) is 3.13. The summed E-state index contributed by atoms with van der Waals surface area (Å²) in [6.45, 7) is 0.664. The molecule has 2 rings (SSSR count). The van der Waals surface area contributed by atoms with E-state index >= 15 is 0 Å². The van der Waals surface area contributed by atoms with Crippen molar-refractivity contribution in [2.24, 2.45) is 5.92 Å². The summed E-state index contributed by atoms with van der Waals surface area (Å²) in [5.41, 5.74) is 0.669. The Balaban J connectivity index is 1.78. The summed E-state index contributed by atoms with van der Waals surface area (Å²) >= 11 is 3.57. The van der Waals surface area contributed by atoms with Gasteiger partial charge < -0.3 is 10.4 Å². The number of rotatable bonds is 5. The summed E-state index contributed by atoms with van der Waals surface area (Å²) in [5.74, 6) is 0.859. The van der Waals surface area contributed by atoms with Gasteiger partial charge >= 0.3 is 0 Å². The van der Waals surface area contributed by atoms with Gasteiger partial charge in [-0.3, -0.25) is 4.79 Å². The van der Waals surface area contributed by atoms with Crippen molar-refractivity contribution in [3.63, 3.8) is 0 Å². The molecule has 0 aliphatic heterocycles. The Morgan fingerprint density at radius 1 is 1.47 bits per heavy atom. The Hall–Kier alpha value is -1.03. The monoisotopic (exact) mass is 297 g/mol. The maximum absolute atomic E-state index is 11.7. The number of nitrogens with one attached hydrogen (secondary N) is 1. The molecule has 1 aromatic carbocycles. The molecule has 1 atom stereocenters. The second-order valence-electron chi connectivity index (χ2n) is 4.46. The van der Waals surface area contributed by atoms with Crippen LogP contribution >= 0.6 is 15.9 Å². The molecule has 1 fully saturated rings. The van der Waals surface area contributed by atoms with Gasteiger partial charge in [-0.25, -0.2) is 0 Å². The molecule has 1 aromatic rings. The lowest BCUT2D eigenvalue weighted by Crippen LogP contribution is -2.31. The Kier molecular flexibility index (Phi) is 4.05. The number of para-hydroxylation sites is 1. The number of halogens is 1. The third-order valence-electron chi connectivity index (χ3n) is 2.97. The van der Waals surface area contributed by atoms with Gasteiger partial charge in [0, 0.05) is 16.9 Å². The molecule has 0 radical (unpaired) electrons. The predicted molar refractivity (Wildman–Crippen MR) is 70.3 cm³/mol. The number of phenols is 1. The highest BCUT2D eigenvalue weighted by molar-refractivity contribution is 9.09. The first-order valence-electron chi connectivity index (χ1n) is 5.84. The normalized spacial score (nSPS) is 16.5. The molecule has 2 N–H and O–H groups in total. The minimum absolute atomic E-state index is 0.0448. The zero-order chi connectivity index (χ0) is 12.3. The van der Waals surface area contributed by atoms with Gasteiger partial charge in [-0.2, -0.15) is 0 Å². The number of alkyl halides is 1. The second kappa shape index (κ2) is 5.54.